The van der Waals surface area contributed by atoms with Gasteiger partial charge in [0.2, 0.25) is 0 Å². The molecule has 0 aliphatic heterocycles. The monoisotopic (exact) mass is 219 g/mol. The lowest BCUT2D eigenvalue weighted by atomic mass is 10.0. The second-order valence-corrected chi connectivity index (χ2v) is 3.26. The predicted octanol–water partition coefficient (Wildman–Crippen LogP) is 2.40. The van der Waals surface area contributed by atoms with Gasteiger partial charge < -0.3 is 10.8 Å². The summed E-state index contributed by atoms with van der Waals surface area (Å²) in [5, 5.41) is 9.45. The highest BCUT2D eigenvalue weighted by atomic mass is 35.5. The minimum atomic E-state index is -0.585. The quantitative estimate of drug-likeness (QED) is 0.803. The number of hydrogen-bond donors (Lipinski definition) is 2. The highest BCUT2D eigenvalue weighted by Crippen LogP contribution is 2.25. The van der Waals surface area contributed by atoms with Crippen molar-refractivity contribution in [3.8, 4) is 5.75 Å². The molecule has 1 aromatic rings. The van der Waals surface area contributed by atoms with Crippen LogP contribution >= 0.6 is 12.4 Å². The van der Waals surface area contributed by atoms with Gasteiger partial charge >= 0.3 is 0 Å². The van der Waals surface area contributed by atoms with Gasteiger partial charge in [0, 0.05) is 0 Å². The van der Waals surface area contributed by atoms with Crippen LogP contribution in [0, 0.1) is 13.8 Å². The second kappa shape index (κ2) is 5.17. The van der Waals surface area contributed by atoms with E-state index in [0.717, 1.165) is 16.7 Å². The van der Waals surface area contributed by atoms with Gasteiger partial charge in [-0.15, -0.1) is 12.4 Å². The number of aromatic hydroxyl groups is 1. The Balaban J connectivity index is 0.00000169. The lowest BCUT2D eigenvalue weighted by molar-refractivity contribution is 0.435. The number of benzene rings is 1. The SMILES string of the molecule is Cc1cc([C@@H](N)CF)cc(C)c1O.Cl. The number of phenolic OH excluding ortho intramolecular Hbond substituents is 1. The third-order valence-electron chi connectivity index (χ3n) is 2.11. The fraction of sp³-hybridized carbons (Fsp3) is 0.400. The molecule has 0 aromatic heterocycles. The summed E-state index contributed by atoms with van der Waals surface area (Å²) in [7, 11) is 0. The molecule has 0 aliphatic carbocycles. The smallest absolute Gasteiger partial charge is 0.121 e. The van der Waals surface area contributed by atoms with Gasteiger partial charge in [0.1, 0.15) is 12.4 Å². The summed E-state index contributed by atoms with van der Waals surface area (Å²) in [4.78, 5) is 0. The first-order chi connectivity index (χ1) is 6.06. The molecule has 0 heterocycles. The molecule has 0 fully saturated rings. The van der Waals surface area contributed by atoms with Crippen LogP contribution in [0.4, 0.5) is 4.39 Å². The highest BCUT2D eigenvalue weighted by Gasteiger charge is 2.09. The van der Waals surface area contributed by atoms with Gasteiger partial charge in [0.25, 0.3) is 0 Å². The molecule has 1 aromatic carbocycles. The Morgan fingerprint density at radius 1 is 1.36 bits per heavy atom. The summed E-state index contributed by atoms with van der Waals surface area (Å²) < 4.78 is 12.2. The highest BCUT2D eigenvalue weighted by molar-refractivity contribution is 5.85. The van der Waals surface area contributed by atoms with Crippen molar-refractivity contribution in [3.05, 3.63) is 28.8 Å². The van der Waals surface area contributed by atoms with E-state index in [-0.39, 0.29) is 18.2 Å². The molecule has 0 spiro atoms. The Hall–Kier alpha value is -0.800. The number of hydrogen-bond acceptors (Lipinski definition) is 2. The molecule has 3 N–H and O–H groups in total. The van der Waals surface area contributed by atoms with Crippen LogP contribution in [0.1, 0.15) is 22.7 Å². The van der Waals surface area contributed by atoms with Crippen LogP contribution in [0.25, 0.3) is 0 Å². The molecule has 0 amide bonds. The molecule has 0 unspecified atom stereocenters. The topological polar surface area (TPSA) is 46.2 Å². The van der Waals surface area contributed by atoms with E-state index < -0.39 is 12.7 Å². The second-order valence-electron chi connectivity index (χ2n) is 3.26. The molecular weight excluding hydrogens is 205 g/mol. The molecule has 80 valence electrons. The summed E-state index contributed by atoms with van der Waals surface area (Å²) in [5.41, 5.74) is 7.73. The van der Waals surface area contributed by atoms with Gasteiger partial charge in [0.05, 0.1) is 6.04 Å². The average molecular weight is 220 g/mol. The van der Waals surface area contributed by atoms with E-state index in [0.29, 0.717) is 0 Å². The number of nitrogens with two attached hydrogens (primary N) is 1. The number of alkyl halides is 1. The Labute approximate surface area is 89.3 Å². The van der Waals surface area contributed by atoms with E-state index in [4.69, 9.17) is 5.73 Å². The minimum absolute atomic E-state index is 0. The van der Waals surface area contributed by atoms with Crippen molar-refractivity contribution in [2.24, 2.45) is 5.73 Å². The summed E-state index contributed by atoms with van der Waals surface area (Å²) >= 11 is 0. The first-order valence-electron chi connectivity index (χ1n) is 4.18. The minimum Gasteiger partial charge on any atom is -0.507 e. The molecule has 0 aliphatic rings. The maximum atomic E-state index is 12.2. The molecule has 0 bridgehead atoms. The van der Waals surface area contributed by atoms with Crippen molar-refractivity contribution in [1.29, 1.82) is 0 Å². The molecule has 2 nitrogen and oxygen atoms in total. The fourth-order valence-corrected chi connectivity index (χ4v) is 1.29. The van der Waals surface area contributed by atoms with Gasteiger partial charge in [-0.2, -0.15) is 0 Å². The predicted molar refractivity (Wildman–Crippen MR) is 57.7 cm³/mol. The molecule has 1 atom stereocenters. The standard InChI is InChI=1S/C10H14FNO.ClH/c1-6-3-8(9(12)5-11)4-7(2)10(6)13;/h3-4,9,13H,5,12H2,1-2H3;1H/t9-;/m0./s1. The van der Waals surface area contributed by atoms with E-state index in [9.17, 15) is 9.50 Å². The van der Waals surface area contributed by atoms with Crippen molar-refractivity contribution in [3.63, 3.8) is 0 Å². The molecule has 0 saturated heterocycles. The number of aryl methyl sites for hydroxylation is 2. The Morgan fingerprint density at radius 2 is 1.79 bits per heavy atom. The molecular formula is C10H15ClFNO. The Bertz CT molecular complexity index is 294. The zero-order chi connectivity index (χ0) is 10.0. The zero-order valence-corrected chi connectivity index (χ0v) is 9.07. The summed E-state index contributed by atoms with van der Waals surface area (Å²) in [5.74, 6) is 0.259. The van der Waals surface area contributed by atoms with Crippen LogP contribution in [0.3, 0.4) is 0 Å². The summed E-state index contributed by atoms with van der Waals surface area (Å²) in [6, 6.07) is 2.84. The number of phenols is 1. The van der Waals surface area contributed by atoms with Crippen LogP contribution in [-0.2, 0) is 0 Å². The molecule has 14 heavy (non-hydrogen) atoms. The molecule has 0 radical (unpaired) electrons. The van der Waals surface area contributed by atoms with Crippen molar-refractivity contribution in [1.82, 2.24) is 0 Å². The van der Waals surface area contributed by atoms with E-state index in [1.807, 2.05) is 0 Å². The maximum absolute atomic E-state index is 12.2. The lowest BCUT2D eigenvalue weighted by Crippen LogP contribution is -2.12. The van der Waals surface area contributed by atoms with Gasteiger partial charge in [0.15, 0.2) is 0 Å². The number of halogens is 2. The van der Waals surface area contributed by atoms with Gasteiger partial charge in [-0.05, 0) is 30.5 Å². The first-order valence-corrected chi connectivity index (χ1v) is 4.18. The van der Waals surface area contributed by atoms with Gasteiger partial charge in [-0.1, -0.05) is 12.1 Å². The van der Waals surface area contributed by atoms with Crippen LogP contribution in [0.2, 0.25) is 0 Å². The van der Waals surface area contributed by atoms with E-state index >= 15 is 0 Å². The van der Waals surface area contributed by atoms with E-state index in [2.05, 4.69) is 0 Å². The fourth-order valence-electron chi connectivity index (χ4n) is 1.29. The Kier molecular flexibility index (Phi) is 4.88. The van der Waals surface area contributed by atoms with E-state index in [1.165, 1.54) is 0 Å². The van der Waals surface area contributed by atoms with Crippen molar-refractivity contribution in [2.45, 2.75) is 19.9 Å². The average Bonchev–Trinajstić information content (AvgIpc) is 2.12. The molecule has 1 rings (SSSR count). The van der Waals surface area contributed by atoms with Gasteiger partial charge in [-0.3, -0.25) is 0 Å². The van der Waals surface area contributed by atoms with Crippen molar-refractivity contribution < 1.29 is 9.50 Å². The third kappa shape index (κ3) is 2.59. The zero-order valence-electron chi connectivity index (χ0n) is 8.25. The number of rotatable bonds is 2. The van der Waals surface area contributed by atoms with Crippen LogP contribution in [0.5, 0.6) is 5.75 Å². The van der Waals surface area contributed by atoms with Crippen LogP contribution in [0.15, 0.2) is 12.1 Å². The summed E-state index contributed by atoms with van der Waals surface area (Å²) in [6.45, 7) is 2.97. The molecule has 4 heteroatoms. The van der Waals surface area contributed by atoms with Crippen LogP contribution < -0.4 is 5.73 Å². The van der Waals surface area contributed by atoms with Gasteiger partial charge in [-0.25, -0.2) is 4.39 Å². The third-order valence-corrected chi connectivity index (χ3v) is 2.11. The van der Waals surface area contributed by atoms with Crippen molar-refractivity contribution >= 4 is 12.4 Å². The first kappa shape index (κ1) is 13.2. The normalized spacial score (nSPS) is 12.0. The van der Waals surface area contributed by atoms with Crippen LogP contribution in [-0.4, -0.2) is 11.8 Å². The molecule has 0 saturated carbocycles. The maximum Gasteiger partial charge on any atom is 0.121 e. The van der Waals surface area contributed by atoms with E-state index in [1.54, 1.807) is 26.0 Å². The Morgan fingerprint density at radius 3 is 2.14 bits per heavy atom. The summed E-state index contributed by atoms with van der Waals surface area (Å²) in [6.07, 6.45) is 0. The van der Waals surface area contributed by atoms with Crippen molar-refractivity contribution in [2.75, 3.05) is 6.67 Å². The lowest BCUT2D eigenvalue weighted by Gasteiger charge is -2.11. The largest absolute Gasteiger partial charge is 0.507 e.